The van der Waals surface area contributed by atoms with E-state index < -0.39 is 11.7 Å². The van der Waals surface area contributed by atoms with Gasteiger partial charge in [-0.25, -0.2) is 4.79 Å². The largest absolute Gasteiger partial charge is 0.444 e. The molecule has 1 fully saturated rings. The summed E-state index contributed by atoms with van der Waals surface area (Å²) in [5.41, 5.74) is 0.466. The Hall–Kier alpha value is -1.56. The van der Waals surface area contributed by atoms with Crippen molar-refractivity contribution in [2.75, 3.05) is 5.32 Å². The predicted octanol–water partition coefficient (Wildman–Crippen LogP) is 3.05. The van der Waals surface area contributed by atoms with Gasteiger partial charge in [0.2, 0.25) is 0 Å². The van der Waals surface area contributed by atoms with Crippen LogP contribution < -0.4 is 10.6 Å². The van der Waals surface area contributed by atoms with E-state index >= 15 is 0 Å². The molecule has 6 heteroatoms. The molecule has 2 N–H and O–H groups in total. The molecule has 0 radical (unpaired) electrons. The Kier molecular flexibility index (Phi) is 5.11. The first kappa shape index (κ1) is 16.8. The van der Waals surface area contributed by atoms with Crippen LogP contribution in [0.2, 0.25) is 0 Å². The van der Waals surface area contributed by atoms with Crippen LogP contribution in [0.25, 0.3) is 0 Å². The lowest BCUT2D eigenvalue weighted by atomic mass is 10.1. The molecular weight excluding hydrogens is 280 g/mol. The summed E-state index contributed by atoms with van der Waals surface area (Å²) in [6, 6.07) is 0.551. The molecule has 1 aromatic rings. The first-order valence-corrected chi connectivity index (χ1v) is 8.04. The van der Waals surface area contributed by atoms with Gasteiger partial charge in [-0.3, -0.25) is 10.00 Å². The number of amides is 1. The molecule has 22 heavy (non-hydrogen) atoms. The molecule has 1 aliphatic rings. The second kappa shape index (κ2) is 6.69. The third kappa shape index (κ3) is 4.73. The Bertz CT molecular complexity index is 515. The van der Waals surface area contributed by atoms with Crippen LogP contribution >= 0.6 is 0 Å². The Morgan fingerprint density at radius 2 is 2.18 bits per heavy atom. The van der Waals surface area contributed by atoms with E-state index in [4.69, 9.17) is 4.74 Å². The van der Waals surface area contributed by atoms with E-state index in [-0.39, 0.29) is 0 Å². The van der Waals surface area contributed by atoms with E-state index in [1.807, 2.05) is 27.8 Å². The summed E-state index contributed by atoms with van der Waals surface area (Å²) >= 11 is 0. The number of nitrogens with one attached hydrogen (secondary N) is 2. The molecule has 1 atom stereocenters. The maximum absolute atomic E-state index is 11.9. The number of aryl methyl sites for hydroxylation is 1. The minimum atomic E-state index is -0.514. The Labute approximate surface area is 132 Å². The van der Waals surface area contributed by atoms with E-state index in [1.165, 1.54) is 12.8 Å². The molecule has 2 rings (SSSR count). The second-order valence-electron chi connectivity index (χ2n) is 7.00. The molecule has 1 aliphatic carbocycles. The third-order valence-corrected chi connectivity index (χ3v) is 3.82. The third-order valence-electron chi connectivity index (χ3n) is 3.82. The highest BCUT2D eigenvalue weighted by molar-refractivity contribution is 5.84. The highest BCUT2D eigenvalue weighted by Gasteiger charge is 2.29. The zero-order valence-electron chi connectivity index (χ0n) is 14.3. The van der Waals surface area contributed by atoms with Crippen LogP contribution in [0.1, 0.15) is 52.5 Å². The van der Waals surface area contributed by atoms with Gasteiger partial charge in [-0.15, -0.1) is 0 Å². The molecule has 6 nitrogen and oxygen atoms in total. The van der Waals surface area contributed by atoms with Gasteiger partial charge in [-0.1, -0.05) is 6.92 Å². The fraction of sp³-hybridized carbons (Fsp3) is 0.750. The minimum Gasteiger partial charge on any atom is -0.444 e. The molecule has 0 aromatic carbocycles. The summed E-state index contributed by atoms with van der Waals surface area (Å²) in [4.78, 5) is 11.9. The normalized spacial score (nSPS) is 16.4. The van der Waals surface area contributed by atoms with Crippen molar-refractivity contribution in [3.05, 3.63) is 11.8 Å². The minimum absolute atomic E-state index is 0.452. The average Bonchev–Trinajstić information content (AvgIpc) is 3.17. The van der Waals surface area contributed by atoms with Crippen LogP contribution in [-0.4, -0.2) is 27.5 Å². The number of carbonyl (C=O) groups is 1. The zero-order chi connectivity index (χ0) is 16.3. The number of rotatable bonds is 6. The van der Waals surface area contributed by atoms with Gasteiger partial charge in [0.15, 0.2) is 0 Å². The zero-order valence-corrected chi connectivity index (χ0v) is 14.3. The van der Waals surface area contributed by atoms with Crippen molar-refractivity contribution in [1.82, 2.24) is 15.1 Å². The smallest absolute Gasteiger partial charge is 0.413 e. The van der Waals surface area contributed by atoms with Crippen molar-refractivity contribution in [1.29, 1.82) is 0 Å². The number of nitrogens with zero attached hydrogens (tertiary/aromatic N) is 2. The standard InChI is InChI=1S/C16H28N4O2/c1-6-13(11-7-8-11)17-9-12-10-18-20(5)14(12)19-15(21)22-16(2,3)4/h10-11,13,17H,6-9H2,1-5H3,(H,19,21). The summed E-state index contributed by atoms with van der Waals surface area (Å²) < 4.78 is 6.97. The summed E-state index contributed by atoms with van der Waals surface area (Å²) in [6.45, 7) is 8.45. The van der Waals surface area contributed by atoms with Crippen LogP contribution in [0, 0.1) is 5.92 Å². The van der Waals surface area contributed by atoms with E-state index in [1.54, 1.807) is 10.9 Å². The van der Waals surface area contributed by atoms with Gasteiger partial charge >= 0.3 is 6.09 Å². The fourth-order valence-corrected chi connectivity index (χ4v) is 2.56. The molecule has 1 saturated carbocycles. The Balaban J connectivity index is 1.96. The highest BCUT2D eigenvalue weighted by atomic mass is 16.6. The Morgan fingerprint density at radius 3 is 2.73 bits per heavy atom. The average molecular weight is 308 g/mol. The number of aromatic nitrogens is 2. The number of hydrogen-bond acceptors (Lipinski definition) is 4. The molecule has 1 heterocycles. The van der Waals surface area contributed by atoms with Crippen molar-refractivity contribution in [2.45, 2.75) is 65.1 Å². The van der Waals surface area contributed by atoms with Crippen molar-refractivity contribution < 1.29 is 9.53 Å². The van der Waals surface area contributed by atoms with Crippen LogP contribution in [0.5, 0.6) is 0 Å². The predicted molar refractivity (Wildman–Crippen MR) is 86.7 cm³/mol. The van der Waals surface area contributed by atoms with Gasteiger partial charge in [0, 0.05) is 25.2 Å². The molecule has 1 aromatic heterocycles. The number of ether oxygens (including phenoxy) is 1. The van der Waals surface area contributed by atoms with E-state index in [0.717, 1.165) is 17.9 Å². The van der Waals surface area contributed by atoms with Crippen molar-refractivity contribution in [2.24, 2.45) is 13.0 Å². The van der Waals surface area contributed by atoms with Crippen LogP contribution in [-0.2, 0) is 18.3 Å². The summed E-state index contributed by atoms with van der Waals surface area (Å²) in [6.07, 6.45) is 5.11. The lowest BCUT2D eigenvalue weighted by Gasteiger charge is -2.20. The number of hydrogen-bond donors (Lipinski definition) is 2. The fourth-order valence-electron chi connectivity index (χ4n) is 2.56. The van der Waals surface area contributed by atoms with Gasteiger partial charge in [-0.05, 0) is 46.0 Å². The van der Waals surface area contributed by atoms with Crippen molar-refractivity contribution >= 4 is 11.9 Å². The van der Waals surface area contributed by atoms with Gasteiger partial charge in [-0.2, -0.15) is 5.10 Å². The quantitative estimate of drug-likeness (QED) is 0.847. The lowest BCUT2D eigenvalue weighted by Crippen LogP contribution is -2.31. The molecule has 1 unspecified atom stereocenters. The van der Waals surface area contributed by atoms with Crippen LogP contribution in [0.4, 0.5) is 10.6 Å². The molecule has 0 saturated heterocycles. The SMILES string of the molecule is CCC(NCc1cnn(C)c1NC(=O)OC(C)(C)C)C1CC1. The van der Waals surface area contributed by atoms with Crippen molar-refractivity contribution in [3.8, 4) is 0 Å². The number of carbonyl (C=O) groups excluding carboxylic acids is 1. The van der Waals surface area contributed by atoms with Crippen LogP contribution in [0.3, 0.4) is 0 Å². The summed E-state index contributed by atoms with van der Waals surface area (Å²) in [5.74, 6) is 1.50. The first-order chi connectivity index (χ1) is 10.3. The maximum Gasteiger partial charge on any atom is 0.413 e. The van der Waals surface area contributed by atoms with E-state index in [2.05, 4.69) is 22.7 Å². The van der Waals surface area contributed by atoms with Gasteiger partial charge in [0.1, 0.15) is 11.4 Å². The van der Waals surface area contributed by atoms with E-state index in [9.17, 15) is 4.79 Å². The van der Waals surface area contributed by atoms with Gasteiger partial charge in [0.05, 0.1) is 6.20 Å². The van der Waals surface area contributed by atoms with E-state index in [0.29, 0.717) is 18.4 Å². The summed E-state index contributed by atoms with van der Waals surface area (Å²) in [7, 11) is 1.81. The molecule has 1 amide bonds. The van der Waals surface area contributed by atoms with Gasteiger partial charge < -0.3 is 10.1 Å². The first-order valence-electron chi connectivity index (χ1n) is 8.04. The number of anilines is 1. The Morgan fingerprint density at radius 1 is 1.50 bits per heavy atom. The molecular formula is C16H28N4O2. The molecule has 0 spiro atoms. The topological polar surface area (TPSA) is 68.2 Å². The van der Waals surface area contributed by atoms with Gasteiger partial charge in [0.25, 0.3) is 0 Å². The molecule has 0 bridgehead atoms. The monoisotopic (exact) mass is 308 g/mol. The summed E-state index contributed by atoms with van der Waals surface area (Å²) in [5, 5.41) is 10.6. The van der Waals surface area contributed by atoms with Crippen molar-refractivity contribution in [3.63, 3.8) is 0 Å². The molecule has 0 aliphatic heterocycles. The van der Waals surface area contributed by atoms with Crippen LogP contribution in [0.15, 0.2) is 6.20 Å². The lowest BCUT2D eigenvalue weighted by molar-refractivity contribution is 0.0634. The molecule has 124 valence electrons. The maximum atomic E-state index is 11.9. The second-order valence-corrected chi connectivity index (χ2v) is 7.00. The highest BCUT2D eigenvalue weighted by Crippen LogP contribution is 2.34.